The summed E-state index contributed by atoms with van der Waals surface area (Å²) >= 11 is 0. The molecular formula is C20H23NO2. The van der Waals surface area contributed by atoms with Crippen molar-refractivity contribution in [1.82, 2.24) is 0 Å². The highest BCUT2D eigenvalue weighted by Gasteiger charge is 2.27. The molecule has 120 valence electrons. The summed E-state index contributed by atoms with van der Waals surface area (Å²) in [6, 6.07) is 18.4. The molecule has 1 amide bonds. The minimum atomic E-state index is 0.0637. The standard InChI is InChI=1S/C20H23NO2/c1-16-7-9-19(10-8-16)21(15-17-5-3-2-4-6-17)20(22)18-11-13-23-14-12-18/h2-10,18H,11-15H2,1H3. The quantitative estimate of drug-likeness (QED) is 0.855. The smallest absolute Gasteiger partial charge is 0.230 e. The largest absolute Gasteiger partial charge is 0.381 e. The molecule has 0 aromatic heterocycles. The molecule has 2 aromatic carbocycles. The Kier molecular flexibility index (Phi) is 5.09. The first-order valence-electron chi connectivity index (χ1n) is 8.24. The van der Waals surface area contributed by atoms with Crippen molar-refractivity contribution in [3.63, 3.8) is 0 Å². The average Bonchev–Trinajstić information content (AvgIpc) is 2.62. The van der Waals surface area contributed by atoms with Crippen LogP contribution in [0.15, 0.2) is 54.6 Å². The molecule has 0 aliphatic carbocycles. The van der Waals surface area contributed by atoms with Gasteiger partial charge >= 0.3 is 0 Å². The van der Waals surface area contributed by atoms with Crippen LogP contribution in [-0.4, -0.2) is 19.1 Å². The lowest BCUT2D eigenvalue weighted by atomic mass is 9.98. The maximum absolute atomic E-state index is 13.1. The molecule has 1 aliphatic rings. The third-order valence-corrected chi connectivity index (χ3v) is 4.37. The second kappa shape index (κ2) is 7.42. The van der Waals surface area contributed by atoms with Crippen molar-refractivity contribution < 1.29 is 9.53 Å². The number of hydrogen-bond acceptors (Lipinski definition) is 2. The monoisotopic (exact) mass is 309 g/mol. The highest BCUT2D eigenvalue weighted by molar-refractivity contribution is 5.95. The van der Waals surface area contributed by atoms with Crippen molar-refractivity contribution in [2.45, 2.75) is 26.3 Å². The van der Waals surface area contributed by atoms with E-state index in [2.05, 4.69) is 31.2 Å². The Hall–Kier alpha value is -2.13. The number of ether oxygens (including phenoxy) is 1. The highest BCUT2D eigenvalue weighted by Crippen LogP contribution is 2.24. The first kappa shape index (κ1) is 15.8. The second-order valence-electron chi connectivity index (χ2n) is 6.13. The molecule has 3 rings (SSSR count). The molecule has 0 atom stereocenters. The SMILES string of the molecule is Cc1ccc(N(Cc2ccccc2)C(=O)C2CCOCC2)cc1. The molecule has 1 saturated heterocycles. The van der Waals surface area contributed by atoms with Gasteiger partial charge in [0.25, 0.3) is 0 Å². The molecular weight excluding hydrogens is 286 g/mol. The van der Waals surface area contributed by atoms with Gasteiger partial charge in [0, 0.05) is 24.8 Å². The zero-order valence-corrected chi connectivity index (χ0v) is 13.6. The molecule has 0 radical (unpaired) electrons. The molecule has 0 spiro atoms. The Morgan fingerprint density at radius 2 is 1.70 bits per heavy atom. The lowest BCUT2D eigenvalue weighted by Gasteiger charge is -2.29. The fourth-order valence-corrected chi connectivity index (χ4v) is 2.95. The molecule has 0 unspecified atom stereocenters. The maximum atomic E-state index is 13.1. The van der Waals surface area contributed by atoms with Crippen molar-refractivity contribution >= 4 is 11.6 Å². The first-order valence-corrected chi connectivity index (χ1v) is 8.24. The maximum Gasteiger partial charge on any atom is 0.230 e. The summed E-state index contributed by atoms with van der Waals surface area (Å²) in [7, 11) is 0. The van der Waals surface area contributed by atoms with Gasteiger partial charge in [0.15, 0.2) is 0 Å². The number of anilines is 1. The normalized spacial score (nSPS) is 15.3. The van der Waals surface area contributed by atoms with E-state index in [9.17, 15) is 4.79 Å². The van der Waals surface area contributed by atoms with Crippen molar-refractivity contribution in [3.8, 4) is 0 Å². The Morgan fingerprint density at radius 3 is 2.35 bits per heavy atom. The molecule has 1 fully saturated rings. The van der Waals surface area contributed by atoms with Gasteiger partial charge in [-0.05, 0) is 37.5 Å². The summed E-state index contributed by atoms with van der Waals surface area (Å²) in [6.45, 7) is 4.04. The van der Waals surface area contributed by atoms with E-state index >= 15 is 0 Å². The van der Waals surface area contributed by atoms with E-state index < -0.39 is 0 Å². The Morgan fingerprint density at radius 1 is 1.04 bits per heavy atom. The topological polar surface area (TPSA) is 29.5 Å². The van der Waals surface area contributed by atoms with Gasteiger partial charge in [0.05, 0.1) is 6.54 Å². The van der Waals surface area contributed by atoms with Crippen LogP contribution in [-0.2, 0) is 16.1 Å². The Bertz CT molecular complexity index is 630. The van der Waals surface area contributed by atoms with E-state index in [4.69, 9.17) is 4.74 Å². The summed E-state index contributed by atoms with van der Waals surface area (Å²) in [4.78, 5) is 15.0. The average molecular weight is 309 g/mol. The van der Waals surface area contributed by atoms with E-state index in [0.29, 0.717) is 19.8 Å². The minimum Gasteiger partial charge on any atom is -0.381 e. The Labute approximate surface area is 137 Å². The van der Waals surface area contributed by atoms with Gasteiger partial charge in [-0.2, -0.15) is 0 Å². The van der Waals surface area contributed by atoms with E-state index in [1.165, 1.54) is 5.56 Å². The first-order chi connectivity index (χ1) is 11.2. The summed E-state index contributed by atoms with van der Waals surface area (Å²) in [5, 5.41) is 0. The molecule has 23 heavy (non-hydrogen) atoms. The van der Waals surface area contributed by atoms with Crippen LogP contribution in [0, 0.1) is 12.8 Å². The number of amides is 1. The van der Waals surface area contributed by atoms with Crippen LogP contribution in [0.5, 0.6) is 0 Å². The summed E-state index contributed by atoms with van der Waals surface area (Å²) in [5.74, 6) is 0.273. The second-order valence-corrected chi connectivity index (χ2v) is 6.13. The van der Waals surface area contributed by atoms with Crippen LogP contribution in [0.1, 0.15) is 24.0 Å². The number of hydrogen-bond donors (Lipinski definition) is 0. The van der Waals surface area contributed by atoms with E-state index in [1.54, 1.807) is 0 Å². The minimum absolute atomic E-state index is 0.0637. The molecule has 1 aliphatic heterocycles. The number of benzene rings is 2. The predicted molar refractivity (Wildman–Crippen MR) is 92.4 cm³/mol. The molecule has 1 heterocycles. The number of nitrogens with zero attached hydrogens (tertiary/aromatic N) is 1. The predicted octanol–water partition coefficient (Wildman–Crippen LogP) is 3.95. The zero-order valence-electron chi connectivity index (χ0n) is 13.6. The third kappa shape index (κ3) is 3.99. The summed E-state index contributed by atoms with van der Waals surface area (Å²) in [5.41, 5.74) is 3.32. The van der Waals surface area contributed by atoms with Gasteiger partial charge in [-0.3, -0.25) is 4.79 Å². The van der Waals surface area contributed by atoms with Gasteiger partial charge in [-0.15, -0.1) is 0 Å². The van der Waals surface area contributed by atoms with Crippen molar-refractivity contribution in [1.29, 1.82) is 0 Å². The van der Waals surface area contributed by atoms with Crippen LogP contribution in [0.2, 0.25) is 0 Å². The molecule has 0 saturated carbocycles. The molecule has 0 bridgehead atoms. The van der Waals surface area contributed by atoms with Crippen LogP contribution >= 0.6 is 0 Å². The molecule has 3 nitrogen and oxygen atoms in total. The van der Waals surface area contributed by atoms with Crippen LogP contribution in [0.4, 0.5) is 5.69 Å². The highest BCUT2D eigenvalue weighted by atomic mass is 16.5. The Balaban J connectivity index is 1.85. The van der Waals surface area contributed by atoms with Gasteiger partial charge in [-0.25, -0.2) is 0 Å². The summed E-state index contributed by atoms with van der Waals surface area (Å²) in [6.07, 6.45) is 1.63. The van der Waals surface area contributed by atoms with Crippen molar-refractivity contribution in [2.24, 2.45) is 5.92 Å². The van der Waals surface area contributed by atoms with E-state index in [1.807, 2.05) is 35.2 Å². The fraction of sp³-hybridized carbons (Fsp3) is 0.350. The summed E-state index contributed by atoms with van der Waals surface area (Å²) < 4.78 is 5.40. The van der Waals surface area contributed by atoms with Crippen molar-refractivity contribution in [3.05, 3.63) is 65.7 Å². The fourth-order valence-electron chi connectivity index (χ4n) is 2.95. The lowest BCUT2D eigenvalue weighted by Crippen LogP contribution is -2.38. The number of rotatable bonds is 4. The number of carbonyl (C=O) groups is 1. The zero-order chi connectivity index (χ0) is 16.1. The third-order valence-electron chi connectivity index (χ3n) is 4.37. The molecule has 3 heteroatoms. The molecule has 0 N–H and O–H groups in total. The van der Waals surface area contributed by atoms with Crippen LogP contribution < -0.4 is 4.90 Å². The van der Waals surface area contributed by atoms with E-state index in [0.717, 1.165) is 24.1 Å². The van der Waals surface area contributed by atoms with E-state index in [-0.39, 0.29) is 11.8 Å². The van der Waals surface area contributed by atoms with Gasteiger partial charge in [0.1, 0.15) is 0 Å². The van der Waals surface area contributed by atoms with Gasteiger partial charge in [0.2, 0.25) is 5.91 Å². The van der Waals surface area contributed by atoms with Gasteiger partial charge < -0.3 is 9.64 Å². The van der Waals surface area contributed by atoms with Crippen LogP contribution in [0.3, 0.4) is 0 Å². The van der Waals surface area contributed by atoms with Crippen molar-refractivity contribution in [2.75, 3.05) is 18.1 Å². The number of aryl methyl sites for hydroxylation is 1. The molecule has 2 aromatic rings. The van der Waals surface area contributed by atoms with Gasteiger partial charge in [-0.1, -0.05) is 48.0 Å². The lowest BCUT2D eigenvalue weighted by molar-refractivity contribution is -0.125. The number of carbonyl (C=O) groups excluding carboxylic acids is 1. The van der Waals surface area contributed by atoms with Crippen LogP contribution in [0.25, 0.3) is 0 Å².